The van der Waals surface area contributed by atoms with Gasteiger partial charge in [0, 0.05) is 9.37 Å². The summed E-state index contributed by atoms with van der Waals surface area (Å²) >= 11 is 5.07. The Hall–Kier alpha value is -0.810. The monoisotopic (exact) mass is 270 g/mol. The molecule has 0 bridgehead atoms. The molecule has 1 aromatic heterocycles. The van der Waals surface area contributed by atoms with Gasteiger partial charge in [-0.1, -0.05) is 21.1 Å². The van der Waals surface area contributed by atoms with Crippen LogP contribution in [-0.4, -0.2) is 10.1 Å². The van der Waals surface area contributed by atoms with Crippen LogP contribution in [0.15, 0.2) is 44.6 Å². The molecule has 1 heterocycles. The second-order valence-electron chi connectivity index (χ2n) is 2.59. The molecule has 0 saturated heterocycles. The van der Waals surface area contributed by atoms with Crippen LogP contribution in [0, 0.1) is 0 Å². The van der Waals surface area contributed by atoms with Crippen molar-refractivity contribution >= 4 is 27.7 Å². The summed E-state index contributed by atoms with van der Waals surface area (Å²) in [4.78, 5) is 5.13. The maximum absolute atomic E-state index is 4.64. The lowest BCUT2D eigenvalue weighted by molar-refractivity contribution is 0.412. The first-order valence-corrected chi connectivity index (χ1v) is 5.76. The third-order valence-electron chi connectivity index (χ3n) is 1.59. The number of halogens is 1. The Morgan fingerprint density at radius 1 is 1.29 bits per heavy atom. The molecule has 0 spiro atoms. The fourth-order valence-electron chi connectivity index (χ4n) is 0.935. The third kappa shape index (κ3) is 2.59. The SMILES string of the molecule is Brc1ccc(SCc2ncon2)cc1. The van der Waals surface area contributed by atoms with Crippen molar-refractivity contribution in [1.82, 2.24) is 10.1 Å². The molecule has 0 atom stereocenters. The van der Waals surface area contributed by atoms with E-state index in [0.717, 1.165) is 16.0 Å². The zero-order valence-electron chi connectivity index (χ0n) is 7.18. The Morgan fingerprint density at radius 2 is 2.07 bits per heavy atom. The summed E-state index contributed by atoms with van der Waals surface area (Å²) in [5.41, 5.74) is 0. The number of thioether (sulfide) groups is 1. The van der Waals surface area contributed by atoms with E-state index in [9.17, 15) is 0 Å². The third-order valence-corrected chi connectivity index (χ3v) is 3.13. The van der Waals surface area contributed by atoms with E-state index in [-0.39, 0.29) is 0 Å². The molecule has 0 unspecified atom stereocenters. The smallest absolute Gasteiger partial charge is 0.213 e. The van der Waals surface area contributed by atoms with E-state index in [0.29, 0.717) is 0 Å². The molecular formula is C9H7BrN2OS. The van der Waals surface area contributed by atoms with Gasteiger partial charge in [-0.3, -0.25) is 0 Å². The molecule has 0 aliphatic rings. The van der Waals surface area contributed by atoms with Crippen molar-refractivity contribution in [3.63, 3.8) is 0 Å². The van der Waals surface area contributed by atoms with Crippen molar-refractivity contribution in [3.05, 3.63) is 41.0 Å². The highest BCUT2D eigenvalue weighted by Crippen LogP contribution is 2.22. The van der Waals surface area contributed by atoms with Gasteiger partial charge in [-0.15, -0.1) is 11.8 Å². The molecule has 1 aromatic carbocycles. The molecule has 0 aliphatic heterocycles. The van der Waals surface area contributed by atoms with Crippen molar-refractivity contribution < 1.29 is 4.52 Å². The van der Waals surface area contributed by atoms with Gasteiger partial charge in [0.25, 0.3) is 0 Å². The van der Waals surface area contributed by atoms with Crippen molar-refractivity contribution in [2.75, 3.05) is 0 Å². The first-order valence-electron chi connectivity index (χ1n) is 3.98. The minimum atomic E-state index is 0.720. The number of rotatable bonds is 3. The average Bonchev–Trinajstić information content (AvgIpc) is 2.70. The largest absolute Gasteiger partial charge is 0.343 e. The molecule has 0 aliphatic carbocycles. The minimum Gasteiger partial charge on any atom is -0.343 e. The van der Waals surface area contributed by atoms with E-state index < -0.39 is 0 Å². The highest BCUT2D eigenvalue weighted by molar-refractivity contribution is 9.10. The summed E-state index contributed by atoms with van der Waals surface area (Å²) in [5.74, 6) is 1.45. The van der Waals surface area contributed by atoms with E-state index in [1.165, 1.54) is 11.3 Å². The Bertz CT molecular complexity index is 388. The van der Waals surface area contributed by atoms with Crippen LogP contribution >= 0.6 is 27.7 Å². The van der Waals surface area contributed by atoms with Crippen LogP contribution in [0.2, 0.25) is 0 Å². The molecule has 0 saturated carbocycles. The van der Waals surface area contributed by atoms with Crippen molar-refractivity contribution in [2.45, 2.75) is 10.6 Å². The van der Waals surface area contributed by atoms with E-state index in [1.54, 1.807) is 11.8 Å². The predicted octanol–water partition coefficient (Wildman–Crippen LogP) is 3.12. The summed E-state index contributed by atoms with van der Waals surface area (Å²) in [5, 5.41) is 3.73. The zero-order valence-corrected chi connectivity index (χ0v) is 9.59. The highest BCUT2D eigenvalue weighted by Gasteiger charge is 1.99. The second kappa shape index (κ2) is 4.61. The Kier molecular flexibility index (Phi) is 3.21. The molecule has 0 fully saturated rings. The van der Waals surface area contributed by atoms with Gasteiger partial charge >= 0.3 is 0 Å². The molecule has 0 N–H and O–H groups in total. The summed E-state index contributed by atoms with van der Waals surface area (Å²) < 4.78 is 5.72. The standard InChI is InChI=1S/C9H7BrN2OS/c10-7-1-3-8(4-2-7)14-5-9-11-6-13-12-9/h1-4,6H,5H2. The Balaban J connectivity index is 1.95. The van der Waals surface area contributed by atoms with Gasteiger partial charge in [0.15, 0.2) is 5.82 Å². The molecule has 3 nitrogen and oxygen atoms in total. The lowest BCUT2D eigenvalue weighted by Crippen LogP contribution is -1.82. The summed E-state index contributed by atoms with van der Waals surface area (Å²) in [6.45, 7) is 0. The molecule has 5 heteroatoms. The average molecular weight is 271 g/mol. The fraction of sp³-hybridized carbons (Fsp3) is 0.111. The zero-order chi connectivity index (χ0) is 9.80. The highest BCUT2D eigenvalue weighted by atomic mass is 79.9. The minimum absolute atomic E-state index is 0.720. The molecule has 0 radical (unpaired) electrons. The molecule has 72 valence electrons. The number of nitrogens with zero attached hydrogens (tertiary/aromatic N) is 2. The topological polar surface area (TPSA) is 38.9 Å². The van der Waals surface area contributed by atoms with Gasteiger partial charge in [-0.2, -0.15) is 4.98 Å². The van der Waals surface area contributed by atoms with Crippen LogP contribution in [0.3, 0.4) is 0 Å². The van der Waals surface area contributed by atoms with Gasteiger partial charge in [0.2, 0.25) is 6.39 Å². The molecule has 14 heavy (non-hydrogen) atoms. The summed E-state index contributed by atoms with van der Waals surface area (Å²) in [6, 6.07) is 8.13. The quantitative estimate of drug-likeness (QED) is 0.804. The summed E-state index contributed by atoms with van der Waals surface area (Å²) in [7, 11) is 0. The predicted molar refractivity (Wildman–Crippen MR) is 58.0 cm³/mol. The molecular weight excluding hydrogens is 264 g/mol. The first kappa shape index (κ1) is 9.73. The molecule has 0 amide bonds. The van der Waals surface area contributed by atoms with Crippen molar-refractivity contribution in [2.24, 2.45) is 0 Å². The van der Waals surface area contributed by atoms with Crippen LogP contribution < -0.4 is 0 Å². The van der Waals surface area contributed by atoms with E-state index in [4.69, 9.17) is 0 Å². The van der Waals surface area contributed by atoms with Gasteiger partial charge in [0.05, 0.1) is 5.75 Å². The van der Waals surface area contributed by atoms with Crippen molar-refractivity contribution in [3.8, 4) is 0 Å². The number of benzene rings is 1. The maximum atomic E-state index is 4.64. The van der Waals surface area contributed by atoms with E-state index in [2.05, 4.69) is 42.7 Å². The normalized spacial score (nSPS) is 10.4. The molecule has 2 rings (SSSR count). The first-order chi connectivity index (χ1) is 6.84. The van der Waals surface area contributed by atoms with Crippen LogP contribution in [-0.2, 0) is 5.75 Å². The van der Waals surface area contributed by atoms with Gasteiger partial charge in [0.1, 0.15) is 0 Å². The van der Waals surface area contributed by atoms with Crippen LogP contribution in [0.1, 0.15) is 5.82 Å². The lowest BCUT2D eigenvalue weighted by atomic mass is 10.4. The fourth-order valence-corrected chi connectivity index (χ4v) is 1.95. The lowest BCUT2D eigenvalue weighted by Gasteiger charge is -1.97. The maximum Gasteiger partial charge on any atom is 0.213 e. The molecule has 2 aromatic rings. The Morgan fingerprint density at radius 3 is 2.71 bits per heavy atom. The number of aromatic nitrogens is 2. The van der Waals surface area contributed by atoms with Crippen LogP contribution in [0.5, 0.6) is 0 Å². The van der Waals surface area contributed by atoms with E-state index in [1.807, 2.05) is 12.1 Å². The number of hydrogen-bond acceptors (Lipinski definition) is 4. The van der Waals surface area contributed by atoms with Crippen LogP contribution in [0.25, 0.3) is 0 Å². The second-order valence-corrected chi connectivity index (χ2v) is 4.55. The number of hydrogen-bond donors (Lipinski definition) is 0. The van der Waals surface area contributed by atoms with Gasteiger partial charge < -0.3 is 4.52 Å². The van der Waals surface area contributed by atoms with Crippen LogP contribution in [0.4, 0.5) is 0 Å². The van der Waals surface area contributed by atoms with E-state index >= 15 is 0 Å². The van der Waals surface area contributed by atoms with Crippen molar-refractivity contribution in [1.29, 1.82) is 0 Å². The van der Waals surface area contributed by atoms with Gasteiger partial charge in [-0.25, -0.2) is 0 Å². The Labute approximate surface area is 94.0 Å². The van der Waals surface area contributed by atoms with Gasteiger partial charge in [-0.05, 0) is 24.3 Å². The summed E-state index contributed by atoms with van der Waals surface area (Å²) in [6.07, 6.45) is 1.34.